The van der Waals surface area contributed by atoms with Crippen LogP contribution in [0.2, 0.25) is 0 Å². The number of aliphatic carboxylic acids is 1. The highest BCUT2D eigenvalue weighted by molar-refractivity contribution is 9.10. The number of sulfone groups is 1. The third-order valence-corrected chi connectivity index (χ3v) is 5.39. The lowest BCUT2D eigenvalue weighted by molar-refractivity contribution is -0.136. The number of halogens is 2. The molecule has 0 saturated carbocycles. The Morgan fingerprint density at radius 2 is 2.04 bits per heavy atom. The van der Waals surface area contributed by atoms with Crippen LogP contribution in [0.25, 0.3) is 10.8 Å². The van der Waals surface area contributed by atoms with E-state index in [-0.39, 0.29) is 23.7 Å². The van der Waals surface area contributed by atoms with Crippen molar-refractivity contribution in [1.82, 2.24) is 4.57 Å². The highest BCUT2D eigenvalue weighted by Gasteiger charge is 2.28. The molecule has 1 unspecified atom stereocenters. The van der Waals surface area contributed by atoms with Gasteiger partial charge in [0.25, 0.3) is 5.56 Å². The lowest BCUT2D eigenvalue weighted by Gasteiger charge is -2.12. The quantitative estimate of drug-likeness (QED) is 0.818. The Morgan fingerprint density at radius 3 is 2.61 bits per heavy atom. The van der Waals surface area contributed by atoms with Crippen molar-refractivity contribution in [3.63, 3.8) is 0 Å². The minimum Gasteiger partial charge on any atom is -0.480 e. The number of aromatic nitrogens is 1. The van der Waals surface area contributed by atoms with Crippen LogP contribution in [0.1, 0.15) is 6.42 Å². The van der Waals surface area contributed by atoms with E-state index in [0.29, 0.717) is 4.47 Å². The van der Waals surface area contributed by atoms with Crippen molar-refractivity contribution in [3.8, 4) is 0 Å². The van der Waals surface area contributed by atoms with Gasteiger partial charge in [0.1, 0.15) is 5.82 Å². The first kappa shape index (κ1) is 17.6. The second-order valence-electron chi connectivity index (χ2n) is 5.11. The van der Waals surface area contributed by atoms with Crippen LogP contribution in [-0.2, 0) is 21.2 Å². The fraction of sp³-hybridized carbons (Fsp3) is 0.286. The minimum absolute atomic E-state index is 0.138. The van der Waals surface area contributed by atoms with E-state index in [0.717, 1.165) is 17.0 Å². The molecule has 0 radical (unpaired) electrons. The van der Waals surface area contributed by atoms with E-state index < -0.39 is 32.4 Å². The maximum Gasteiger partial charge on any atom is 0.321 e. The van der Waals surface area contributed by atoms with Crippen LogP contribution < -0.4 is 5.56 Å². The number of fused-ring (bicyclic) bond motifs is 1. The number of benzene rings is 1. The molecule has 1 aromatic carbocycles. The molecule has 23 heavy (non-hydrogen) atoms. The Kier molecular flexibility index (Phi) is 4.90. The van der Waals surface area contributed by atoms with Gasteiger partial charge in [-0.25, -0.2) is 12.8 Å². The third-order valence-electron chi connectivity index (χ3n) is 3.42. The Balaban J connectivity index is 2.42. The average Bonchev–Trinajstić information content (AvgIpc) is 2.42. The molecule has 0 bridgehead atoms. The fourth-order valence-corrected chi connectivity index (χ4v) is 3.52. The van der Waals surface area contributed by atoms with Gasteiger partial charge in [-0.2, -0.15) is 0 Å². The van der Waals surface area contributed by atoms with E-state index >= 15 is 0 Å². The summed E-state index contributed by atoms with van der Waals surface area (Å²) in [6.45, 7) is -0.216. The maximum atomic E-state index is 14.1. The van der Waals surface area contributed by atoms with Crippen LogP contribution in [0.4, 0.5) is 4.39 Å². The van der Waals surface area contributed by atoms with E-state index in [2.05, 4.69) is 15.9 Å². The molecule has 0 aliphatic rings. The minimum atomic E-state index is -3.82. The van der Waals surface area contributed by atoms with Crippen molar-refractivity contribution >= 4 is 42.5 Å². The summed E-state index contributed by atoms with van der Waals surface area (Å²) in [7, 11) is -3.82. The van der Waals surface area contributed by atoms with Crippen LogP contribution >= 0.6 is 15.9 Å². The van der Waals surface area contributed by atoms with Crippen molar-refractivity contribution in [3.05, 3.63) is 45.0 Å². The Hall–Kier alpha value is -1.74. The zero-order valence-electron chi connectivity index (χ0n) is 12.0. The van der Waals surface area contributed by atoms with Gasteiger partial charge in [0.15, 0.2) is 15.1 Å². The van der Waals surface area contributed by atoms with Gasteiger partial charge in [-0.3, -0.25) is 9.59 Å². The Labute approximate surface area is 139 Å². The highest BCUT2D eigenvalue weighted by atomic mass is 79.9. The summed E-state index contributed by atoms with van der Waals surface area (Å²) in [6.07, 6.45) is 1.45. The first-order valence-corrected chi connectivity index (χ1v) is 9.26. The lowest BCUT2D eigenvalue weighted by Crippen LogP contribution is -2.32. The van der Waals surface area contributed by atoms with Gasteiger partial charge in [0.2, 0.25) is 0 Å². The van der Waals surface area contributed by atoms with Gasteiger partial charge < -0.3 is 9.67 Å². The first-order valence-electron chi connectivity index (χ1n) is 6.51. The standard InChI is InChI=1S/C14H13BrFNO5S/c1-23(21,22)12(14(19)20)4-5-17-7-11(16)10-6-8(15)2-3-9(10)13(17)18/h2-3,6-7,12H,4-5H2,1H3,(H,19,20). The average molecular weight is 406 g/mol. The van der Waals surface area contributed by atoms with Crippen molar-refractivity contribution in [2.75, 3.05) is 6.26 Å². The summed E-state index contributed by atoms with van der Waals surface area (Å²) in [5.41, 5.74) is -0.508. The number of carboxylic acids is 1. The predicted molar refractivity (Wildman–Crippen MR) is 86.8 cm³/mol. The molecule has 0 amide bonds. The molecule has 124 valence electrons. The number of hydrogen-bond acceptors (Lipinski definition) is 4. The summed E-state index contributed by atoms with van der Waals surface area (Å²) in [6, 6.07) is 4.50. The SMILES string of the molecule is CS(=O)(=O)C(CCn1cc(F)c2cc(Br)ccc2c1=O)C(=O)O. The molecule has 1 aromatic heterocycles. The molecule has 1 heterocycles. The number of aryl methyl sites for hydroxylation is 1. The zero-order chi connectivity index (χ0) is 17.4. The molecule has 0 spiro atoms. The molecule has 0 saturated heterocycles. The smallest absolute Gasteiger partial charge is 0.321 e. The van der Waals surface area contributed by atoms with Crippen LogP contribution in [0.3, 0.4) is 0 Å². The molecular formula is C14H13BrFNO5S. The van der Waals surface area contributed by atoms with Crippen molar-refractivity contribution in [2.24, 2.45) is 0 Å². The second kappa shape index (κ2) is 6.40. The Morgan fingerprint density at radius 1 is 1.39 bits per heavy atom. The molecule has 9 heteroatoms. The number of carbonyl (C=O) groups is 1. The number of nitrogens with zero attached hydrogens (tertiary/aromatic N) is 1. The fourth-order valence-electron chi connectivity index (χ4n) is 2.26. The van der Waals surface area contributed by atoms with Gasteiger partial charge >= 0.3 is 5.97 Å². The van der Waals surface area contributed by atoms with Crippen molar-refractivity contribution in [1.29, 1.82) is 0 Å². The molecule has 0 aliphatic heterocycles. The van der Waals surface area contributed by atoms with Crippen LogP contribution in [0.15, 0.2) is 33.7 Å². The molecule has 6 nitrogen and oxygen atoms in total. The number of hydrogen-bond donors (Lipinski definition) is 1. The van der Waals surface area contributed by atoms with Crippen molar-refractivity contribution < 1.29 is 22.7 Å². The highest BCUT2D eigenvalue weighted by Crippen LogP contribution is 2.20. The lowest BCUT2D eigenvalue weighted by atomic mass is 10.1. The second-order valence-corrected chi connectivity index (χ2v) is 8.25. The summed E-state index contributed by atoms with van der Waals surface area (Å²) in [4.78, 5) is 23.3. The predicted octanol–water partition coefficient (Wildman–Crippen LogP) is 1.79. The van der Waals surface area contributed by atoms with Gasteiger partial charge in [0, 0.05) is 28.9 Å². The molecule has 0 fully saturated rings. The Bertz CT molecular complexity index is 938. The van der Waals surface area contributed by atoms with E-state index in [1.165, 1.54) is 12.1 Å². The van der Waals surface area contributed by atoms with E-state index in [1.807, 2.05) is 0 Å². The third kappa shape index (κ3) is 3.78. The van der Waals surface area contributed by atoms with Crippen LogP contribution in [0, 0.1) is 5.82 Å². The normalized spacial score (nSPS) is 13.2. The molecule has 1 N–H and O–H groups in total. The summed E-state index contributed by atoms with van der Waals surface area (Å²) in [5, 5.41) is 7.60. The molecule has 0 aliphatic carbocycles. The summed E-state index contributed by atoms with van der Waals surface area (Å²) >= 11 is 3.19. The summed E-state index contributed by atoms with van der Waals surface area (Å²) < 4.78 is 38.6. The van der Waals surface area contributed by atoms with Crippen LogP contribution in [-0.4, -0.2) is 35.6 Å². The van der Waals surface area contributed by atoms with Gasteiger partial charge in [0.05, 0.1) is 5.39 Å². The van der Waals surface area contributed by atoms with Gasteiger partial charge in [-0.05, 0) is 24.6 Å². The molecule has 2 aromatic rings. The summed E-state index contributed by atoms with van der Waals surface area (Å²) in [5.74, 6) is -2.14. The molecular weight excluding hydrogens is 393 g/mol. The molecule has 2 rings (SSSR count). The van der Waals surface area contributed by atoms with E-state index in [9.17, 15) is 22.4 Å². The maximum absolute atomic E-state index is 14.1. The first-order chi connectivity index (χ1) is 10.6. The van der Waals surface area contributed by atoms with E-state index in [4.69, 9.17) is 5.11 Å². The van der Waals surface area contributed by atoms with Crippen LogP contribution in [0.5, 0.6) is 0 Å². The van der Waals surface area contributed by atoms with E-state index in [1.54, 1.807) is 6.07 Å². The number of carboxylic acid groups (broad SMARTS) is 1. The largest absolute Gasteiger partial charge is 0.480 e. The topological polar surface area (TPSA) is 93.4 Å². The zero-order valence-corrected chi connectivity index (χ0v) is 14.4. The molecule has 1 atom stereocenters. The number of rotatable bonds is 5. The number of pyridine rings is 1. The van der Waals surface area contributed by atoms with Gasteiger partial charge in [-0.15, -0.1) is 0 Å². The van der Waals surface area contributed by atoms with Gasteiger partial charge in [-0.1, -0.05) is 15.9 Å². The van der Waals surface area contributed by atoms with Crippen molar-refractivity contribution in [2.45, 2.75) is 18.2 Å². The monoisotopic (exact) mass is 405 g/mol.